The molecule has 31 heavy (non-hydrogen) atoms. The normalized spacial score (nSPS) is 11.4. The Bertz CT molecular complexity index is 1480. The molecule has 0 saturated heterocycles. The van der Waals surface area contributed by atoms with Crippen molar-refractivity contribution in [2.75, 3.05) is 5.32 Å². The molecule has 5 aromatic rings. The monoisotopic (exact) mass is 432 g/mol. The molecule has 1 amide bonds. The van der Waals surface area contributed by atoms with Crippen LogP contribution in [-0.4, -0.2) is 20.4 Å². The van der Waals surface area contributed by atoms with Crippen molar-refractivity contribution in [3.05, 3.63) is 83.0 Å². The van der Waals surface area contributed by atoms with Gasteiger partial charge < -0.3 is 14.9 Å². The largest absolute Gasteiger partial charge is 0.354 e. The lowest BCUT2D eigenvalue weighted by Crippen LogP contribution is -2.12. The van der Waals surface area contributed by atoms with Gasteiger partial charge in [0.05, 0.1) is 23.0 Å². The number of halogens is 2. The van der Waals surface area contributed by atoms with E-state index in [1.165, 1.54) is 12.1 Å². The molecule has 5 rings (SSSR count). The average Bonchev–Trinajstić information content (AvgIpc) is 3.27. The van der Waals surface area contributed by atoms with E-state index in [4.69, 9.17) is 11.6 Å². The molecule has 0 bridgehead atoms. The number of rotatable bonds is 3. The minimum absolute atomic E-state index is 0.285. The fourth-order valence-corrected chi connectivity index (χ4v) is 4.10. The van der Waals surface area contributed by atoms with Gasteiger partial charge in [-0.05, 0) is 49.4 Å². The highest BCUT2D eigenvalue weighted by molar-refractivity contribution is 6.31. The van der Waals surface area contributed by atoms with E-state index in [2.05, 4.69) is 15.3 Å². The van der Waals surface area contributed by atoms with Gasteiger partial charge in [-0.2, -0.15) is 0 Å². The maximum absolute atomic E-state index is 13.7. The molecule has 0 spiro atoms. The van der Waals surface area contributed by atoms with Crippen LogP contribution in [0.2, 0.25) is 5.02 Å². The summed E-state index contributed by atoms with van der Waals surface area (Å²) in [4.78, 5) is 20.7. The van der Waals surface area contributed by atoms with Gasteiger partial charge in [0.2, 0.25) is 0 Å². The summed E-state index contributed by atoms with van der Waals surface area (Å²) in [7, 11) is 1.93. The van der Waals surface area contributed by atoms with Crippen molar-refractivity contribution < 1.29 is 9.18 Å². The molecule has 3 aromatic carbocycles. The smallest absolute Gasteiger partial charge is 0.257 e. The molecule has 2 N–H and O–H groups in total. The lowest BCUT2D eigenvalue weighted by molar-refractivity contribution is 0.102. The maximum Gasteiger partial charge on any atom is 0.257 e. The molecule has 2 heterocycles. The van der Waals surface area contributed by atoms with E-state index in [0.29, 0.717) is 21.8 Å². The van der Waals surface area contributed by atoms with Crippen molar-refractivity contribution in [3.8, 4) is 11.3 Å². The van der Waals surface area contributed by atoms with Gasteiger partial charge in [0, 0.05) is 39.6 Å². The number of carbonyl (C=O) groups excluding carboxylic acids is 1. The SMILES string of the molecule is Cc1ncc(-c2cc(Cl)cc(NC(=O)c3cccc4c3[nH]c3ccc(F)cc34)c2)n1C. The summed E-state index contributed by atoms with van der Waals surface area (Å²) < 4.78 is 15.7. The van der Waals surface area contributed by atoms with Crippen molar-refractivity contribution in [2.45, 2.75) is 6.92 Å². The number of H-pyrrole nitrogens is 1. The van der Waals surface area contributed by atoms with Gasteiger partial charge >= 0.3 is 0 Å². The second-order valence-electron chi connectivity index (χ2n) is 7.48. The molecule has 7 heteroatoms. The predicted molar refractivity (Wildman–Crippen MR) is 122 cm³/mol. The standard InChI is InChI=1S/C24H18ClFN4O/c1-13-27-12-22(30(13)2)14-8-15(25)10-17(9-14)28-24(31)19-5-3-4-18-20-11-16(26)6-7-21(20)29-23(18)19/h3-12,29H,1-2H3,(H,28,31). The number of benzene rings is 3. The number of hydrogen-bond acceptors (Lipinski definition) is 2. The van der Waals surface area contributed by atoms with Crippen molar-refractivity contribution in [2.24, 2.45) is 7.05 Å². The Labute approximate surface area is 182 Å². The number of aryl methyl sites for hydroxylation is 1. The van der Waals surface area contributed by atoms with Gasteiger partial charge in [-0.15, -0.1) is 0 Å². The molecule has 0 aliphatic heterocycles. The number of imidazole rings is 1. The Kier molecular flexibility index (Phi) is 4.52. The molecule has 2 aromatic heterocycles. The molecule has 0 saturated carbocycles. The number of amides is 1. The minimum atomic E-state index is -0.319. The lowest BCUT2D eigenvalue weighted by Gasteiger charge is -2.10. The van der Waals surface area contributed by atoms with E-state index in [9.17, 15) is 9.18 Å². The highest BCUT2D eigenvalue weighted by Gasteiger charge is 2.16. The highest BCUT2D eigenvalue weighted by Crippen LogP contribution is 2.30. The molecular formula is C24H18ClFN4O. The van der Waals surface area contributed by atoms with Crippen molar-refractivity contribution in [1.82, 2.24) is 14.5 Å². The Morgan fingerprint density at radius 1 is 1.13 bits per heavy atom. The fraction of sp³-hybridized carbons (Fsp3) is 0.0833. The van der Waals surface area contributed by atoms with Gasteiger partial charge in [-0.1, -0.05) is 23.7 Å². The molecule has 0 radical (unpaired) electrons. The molecule has 5 nitrogen and oxygen atoms in total. The van der Waals surface area contributed by atoms with Gasteiger partial charge in [-0.3, -0.25) is 4.79 Å². The minimum Gasteiger partial charge on any atom is -0.354 e. The zero-order valence-electron chi connectivity index (χ0n) is 16.8. The second kappa shape index (κ2) is 7.25. The molecular weight excluding hydrogens is 415 g/mol. The quantitative estimate of drug-likeness (QED) is 0.363. The summed E-state index contributed by atoms with van der Waals surface area (Å²) >= 11 is 6.33. The van der Waals surface area contributed by atoms with Crippen molar-refractivity contribution >= 4 is 45.0 Å². The van der Waals surface area contributed by atoms with Gasteiger partial charge in [0.15, 0.2) is 0 Å². The van der Waals surface area contributed by atoms with E-state index in [1.807, 2.05) is 36.7 Å². The summed E-state index contributed by atoms with van der Waals surface area (Å²) in [5, 5.41) is 4.97. The second-order valence-corrected chi connectivity index (χ2v) is 7.91. The number of fused-ring (bicyclic) bond motifs is 3. The first kappa shape index (κ1) is 19.3. The van der Waals surface area contributed by atoms with Crippen LogP contribution in [0.25, 0.3) is 33.1 Å². The number of aromatic nitrogens is 3. The van der Waals surface area contributed by atoms with Crippen LogP contribution >= 0.6 is 11.6 Å². The van der Waals surface area contributed by atoms with Gasteiger partial charge in [0.25, 0.3) is 5.91 Å². The molecule has 0 atom stereocenters. The Balaban J connectivity index is 1.54. The fourth-order valence-electron chi connectivity index (χ4n) is 3.86. The third kappa shape index (κ3) is 3.35. The molecule has 0 aliphatic carbocycles. The van der Waals surface area contributed by atoms with E-state index in [0.717, 1.165) is 33.4 Å². The number of carbonyl (C=O) groups is 1. The van der Waals surface area contributed by atoms with Crippen molar-refractivity contribution in [3.63, 3.8) is 0 Å². The summed E-state index contributed by atoms with van der Waals surface area (Å²) in [5.41, 5.74) is 4.22. The first-order chi connectivity index (χ1) is 14.9. The number of hydrogen-bond donors (Lipinski definition) is 2. The van der Waals surface area contributed by atoms with Gasteiger partial charge in [0.1, 0.15) is 11.6 Å². The van der Waals surface area contributed by atoms with Crippen LogP contribution in [0, 0.1) is 12.7 Å². The van der Waals surface area contributed by atoms with Crippen LogP contribution < -0.4 is 5.32 Å². The number of anilines is 1. The van der Waals surface area contributed by atoms with Crippen LogP contribution in [-0.2, 0) is 7.05 Å². The Hall–Kier alpha value is -3.64. The highest BCUT2D eigenvalue weighted by atomic mass is 35.5. The molecule has 0 unspecified atom stereocenters. The van der Waals surface area contributed by atoms with Crippen LogP contribution in [0.4, 0.5) is 10.1 Å². The van der Waals surface area contributed by atoms with Crippen molar-refractivity contribution in [1.29, 1.82) is 0 Å². The van der Waals surface area contributed by atoms with Crippen LogP contribution in [0.15, 0.2) is 60.8 Å². The van der Waals surface area contributed by atoms with E-state index < -0.39 is 0 Å². The zero-order valence-corrected chi connectivity index (χ0v) is 17.6. The lowest BCUT2D eigenvalue weighted by atomic mass is 10.1. The Morgan fingerprint density at radius 3 is 2.74 bits per heavy atom. The topological polar surface area (TPSA) is 62.7 Å². The number of aromatic amines is 1. The summed E-state index contributed by atoms with van der Waals surface area (Å²) in [6, 6.07) is 15.3. The molecule has 154 valence electrons. The molecule has 0 fully saturated rings. The first-order valence-corrected chi connectivity index (χ1v) is 10.1. The average molecular weight is 433 g/mol. The predicted octanol–water partition coefficient (Wildman–Crippen LogP) is 6.07. The summed E-state index contributed by atoms with van der Waals surface area (Å²) in [6.07, 6.45) is 1.77. The summed E-state index contributed by atoms with van der Waals surface area (Å²) in [5.74, 6) is 0.273. The van der Waals surface area contributed by atoms with Gasteiger partial charge in [-0.25, -0.2) is 9.37 Å². The number of nitrogens with zero attached hydrogens (tertiary/aromatic N) is 2. The molecule has 0 aliphatic rings. The number of nitrogens with one attached hydrogen (secondary N) is 2. The van der Waals surface area contributed by atoms with Crippen LogP contribution in [0.1, 0.15) is 16.2 Å². The summed E-state index contributed by atoms with van der Waals surface area (Å²) in [6.45, 7) is 1.92. The van der Waals surface area contributed by atoms with E-state index >= 15 is 0 Å². The van der Waals surface area contributed by atoms with E-state index in [-0.39, 0.29) is 11.7 Å². The van der Waals surface area contributed by atoms with E-state index in [1.54, 1.807) is 30.5 Å². The zero-order chi connectivity index (χ0) is 21.7. The maximum atomic E-state index is 13.7. The Morgan fingerprint density at radius 2 is 1.97 bits per heavy atom. The van der Waals surface area contributed by atoms with Crippen LogP contribution in [0.5, 0.6) is 0 Å². The van der Waals surface area contributed by atoms with Crippen LogP contribution in [0.3, 0.4) is 0 Å². The third-order valence-electron chi connectivity index (χ3n) is 5.51. The number of para-hydroxylation sites is 1. The first-order valence-electron chi connectivity index (χ1n) is 9.71. The third-order valence-corrected chi connectivity index (χ3v) is 5.73.